The van der Waals surface area contributed by atoms with Crippen molar-refractivity contribution in [3.8, 4) is 0 Å². The molecule has 0 aliphatic carbocycles. The van der Waals surface area contributed by atoms with E-state index in [1.54, 1.807) is 13.0 Å². The highest BCUT2D eigenvalue weighted by Crippen LogP contribution is 2.24. The number of nitro groups is 1. The van der Waals surface area contributed by atoms with Gasteiger partial charge in [0.1, 0.15) is 6.04 Å². The number of rotatable bonds is 3. The highest BCUT2D eigenvalue weighted by molar-refractivity contribution is 6.00. The molecule has 1 aliphatic rings. The van der Waals surface area contributed by atoms with Crippen molar-refractivity contribution in [2.24, 2.45) is 5.84 Å². The van der Waals surface area contributed by atoms with Crippen molar-refractivity contribution in [3.63, 3.8) is 0 Å². The van der Waals surface area contributed by atoms with E-state index >= 15 is 0 Å². The van der Waals surface area contributed by atoms with Crippen molar-refractivity contribution in [2.75, 3.05) is 6.54 Å². The molecule has 0 radical (unpaired) electrons. The summed E-state index contributed by atoms with van der Waals surface area (Å²) in [6, 6.07) is 3.48. The monoisotopic (exact) mass is 278 g/mol. The van der Waals surface area contributed by atoms with Crippen molar-refractivity contribution in [1.82, 2.24) is 10.3 Å². The SMILES string of the molecule is CC(C(=O)NN)N1CCc2ccc([N+](=O)[O-])cc2C1=O. The molecule has 0 saturated heterocycles. The van der Waals surface area contributed by atoms with Gasteiger partial charge < -0.3 is 4.90 Å². The van der Waals surface area contributed by atoms with Gasteiger partial charge in [0.15, 0.2) is 0 Å². The third-order valence-corrected chi connectivity index (χ3v) is 3.41. The number of carbonyl (C=O) groups is 2. The molecule has 1 aliphatic heterocycles. The minimum Gasteiger partial charge on any atom is -0.327 e. The Morgan fingerprint density at radius 1 is 1.55 bits per heavy atom. The molecule has 3 N–H and O–H groups in total. The van der Waals surface area contributed by atoms with Gasteiger partial charge in [0.05, 0.1) is 4.92 Å². The van der Waals surface area contributed by atoms with E-state index in [2.05, 4.69) is 0 Å². The van der Waals surface area contributed by atoms with Crippen molar-refractivity contribution in [3.05, 3.63) is 39.4 Å². The highest BCUT2D eigenvalue weighted by Gasteiger charge is 2.32. The summed E-state index contributed by atoms with van der Waals surface area (Å²) >= 11 is 0. The molecule has 1 aromatic rings. The normalized spacial score (nSPS) is 15.5. The summed E-state index contributed by atoms with van der Waals surface area (Å²) in [5.41, 5.74) is 2.86. The Morgan fingerprint density at radius 3 is 2.85 bits per heavy atom. The van der Waals surface area contributed by atoms with Crippen LogP contribution < -0.4 is 11.3 Å². The number of hydrogen-bond donors (Lipinski definition) is 2. The van der Waals surface area contributed by atoms with E-state index in [-0.39, 0.29) is 11.3 Å². The van der Waals surface area contributed by atoms with Crippen molar-refractivity contribution >= 4 is 17.5 Å². The number of nitrogens with one attached hydrogen (secondary N) is 1. The fraction of sp³-hybridized carbons (Fsp3) is 0.333. The largest absolute Gasteiger partial charge is 0.327 e. The van der Waals surface area contributed by atoms with Crippen LogP contribution in [0.2, 0.25) is 0 Å². The van der Waals surface area contributed by atoms with Gasteiger partial charge >= 0.3 is 0 Å². The quantitative estimate of drug-likeness (QED) is 0.348. The van der Waals surface area contributed by atoms with Crippen LogP contribution in [0.5, 0.6) is 0 Å². The van der Waals surface area contributed by atoms with Gasteiger partial charge in [-0.3, -0.25) is 25.1 Å². The molecule has 2 amide bonds. The Balaban J connectivity index is 2.34. The molecule has 1 unspecified atom stereocenters. The van der Waals surface area contributed by atoms with Crippen LogP contribution in [0, 0.1) is 10.1 Å². The molecule has 1 aromatic carbocycles. The maximum Gasteiger partial charge on any atom is 0.270 e. The summed E-state index contributed by atoms with van der Waals surface area (Å²) in [6.07, 6.45) is 0.543. The lowest BCUT2D eigenvalue weighted by Gasteiger charge is -2.32. The van der Waals surface area contributed by atoms with Gasteiger partial charge in [-0.25, -0.2) is 5.84 Å². The fourth-order valence-electron chi connectivity index (χ4n) is 2.22. The number of amides is 2. The average Bonchev–Trinajstić information content (AvgIpc) is 2.45. The van der Waals surface area contributed by atoms with Gasteiger partial charge in [-0.05, 0) is 18.9 Å². The molecule has 2 rings (SSSR count). The number of nitro benzene ring substituents is 1. The first-order valence-electron chi connectivity index (χ1n) is 6.04. The fourth-order valence-corrected chi connectivity index (χ4v) is 2.22. The molecule has 20 heavy (non-hydrogen) atoms. The molecule has 1 heterocycles. The Labute approximate surface area is 114 Å². The summed E-state index contributed by atoms with van der Waals surface area (Å²) in [5, 5.41) is 10.8. The van der Waals surface area contributed by atoms with Crippen LogP contribution in [-0.4, -0.2) is 34.2 Å². The molecule has 106 valence electrons. The third-order valence-electron chi connectivity index (χ3n) is 3.41. The van der Waals surface area contributed by atoms with E-state index in [9.17, 15) is 19.7 Å². The molecule has 1 atom stereocenters. The Hall–Kier alpha value is -2.48. The number of benzene rings is 1. The van der Waals surface area contributed by atoms with Gasteiger partial charge in [-0.1, -0.05) is 6.07 Å². The lowest BCUT2D eigenvalue weighted by Crippen LogP contribution is -2.52. The number of hydrogen-bond acceptors (Lipinski definition) is 5. The van der Waals surface area contributed by atoms with E-state index in [0.29, 0.717) is 13.0 Å². The van der Waals surface area contributed by atoms with Crippen molar-refractivity contribution in [1.29, 1.82) is 0 Å². The van der Waals surface area contributed by atoms with E-state index < -0.39 is 22.8 Å². The van der Waals surface area contributed by atoms with Gasteiger partial charge in [0, 0.05) is 24.2 Å². The molecule has 8 nitrogen and oxygen atoms in total. The lowest BCUT2D eigenvalue weighted by molar-refractivity contribution is -0.384. The van der Waals surface area contributed by atoms with Crippen molar-refractivity contribution in [2.45, 2.75) is 19.4 Å². The average molecular weight is 278 g/mol. The smallest absolute Gasteiger partial charge is 0.270 e. The molecule has 0 saturated carbocycles. The Kier molecular flexibility index (Phi) is 3.66. The van der Waals surface area contributed by atoms with E-state index in [4.69, 9.17) is 5.84 Å². The Bertz CT molecular complexity index is 587. The van der Waals surface area contributed by atoms with Crippen LogP contribution in [0.15, 0.2) is 18.2 Å². The predicted molar refractivity (Wildman–Crippen MR) is 69.6 cm³/mol. The number of non-ortho nitro benzene ring substituents is 1. The van der Waals surface area contributed by atoms with Crippen LogP contribution in [0.3, 0.4) is 0 Å². The van der Waals surface area contributed by atoms with E-state index in [1.807, 2.05) is 5.43 Å². The summed E-state index contributed by atoms with van der Waals surface area (Å²) in [4.78, 5) is 35.4. The third kappa shape index (κ3) is 2.32. The zero-order valence-electron chi connectivity index (χ0n) is 10.8. The first-order valence-corrected chi connectivity index (χ1v) is 6.04. The second-order valence-corrected chi connectivity index (χ2v) is 4.53. The summed E-state index contributed by atoms with van der Waals surface area (Å²) < 4.78 is 0. The van der Waals surface area contributed by atoms with Crippen LogP contribution in [0.4, 0.5) is 5.69 Å². The number of nitrogens with zero attached hydrogens (tertiary/aromatic N) is 2. The van der Waals surface area contributed by atoms with Crippen LogP contribution >= 0.6 is 0 Å². The summed E-state index contributed by atoms with van der Waals surface area (Å²) in [5.74, 6) is 4.18. The Morgan fingerprint density at radius 2 is 2.25 bits per heavy atom. The first-order chi connectivity index (χ1) is 9.45. The second kappa shape index (κ2) is 5.25. The standard InChI is InChI=1S/C12H14N4O4/c1-7(11(17)14-13)15-5-4-8-2-3-9(16(19)20)6-10(8)12(15)18/h2-3,6-7H,4-5,13H2,1H3,(H,14,17). The summed E-state index contributed by atoms with van der Waals surface area (Å²) in [7, 11) is 0. The molecule has 0 aromatic heterocycles. The maximum absolute atomic E-state index is 12.3. The molecular weight excluding hydrogens is 264 g/mol. The molecule has 0 fully saturated rings. The topological polar surface area (TPSA) is 119 Å². The molecule has 0 spiro atoms. The minimum atomic E-state index is -0.722. The van der Waals surface area contributed by atoms with Crippen LogP contribution in [-0.2, 0) is 11.2 Å². The van der Waals surface area contributed by atoms with Gasteiger partial charge in [-0.15, -0.1) is 0 Å². The van der Waals surface area contributed by atoms with E-state index in [0.717, 1.165) is 5.56 Å². The molecule has 0 bridgehead atoms. The van der Waals surface area contributed by atoms with Gasteiger partial charge in [0.2, 0.25) is 0 Å². The number of nitrogens with two attached hydrogens (primary N) is 1. The van der Waals surface area contributed by atoms with Gasteiger partial charge in [-0.2, -0.15) is 0 Å². The van der Waals surface area contributed by atoms with Crippen molar-refractivity contribution < 1.29 is 14.5 Å². The first kappa shape index (κ1) is 13.9. The summed E-state index contributed by atoms with van der Waals surface area (Å²) in [6.45, 7) is 1.93. The molecule has 8 heteroatoms. The van der Waals surface area contributed by atoms with Gasteiger partial charge in [0.25, 0.3) is 17.5 Å². The van der Waals surface area contributed by atoms with Crippen LogP contribution in [0.25, 0.3) is 0 Å². The number of fused-ring (bicyclic) bond motifs is 1. The zero-order chi connectivity index (χ0) is 14.9. The number of carbonyl (C=O) groups excluding carboxylic acids is 2. The van der Waals surface area contributed by atoms with E-state index in [1.165, 1.54) is 17.0 Å². The number of hydrazine groups is 1. The van der Waals surface area contributed by atoms with Crippen LogP contribution in [0.1, 0.15) is 22.8 Å². The zero-order valence-corrected chi connectivity index (χ0v) is 10.8. The maximum atomic E-state index is 12.3. The second-order valence-electron chi connectivity index (χ2n) is 4.53. The lowest BCUT2D eigenvalue weighted by atomic mass is 9.97. The highest BCUT2D eigenvalue weighted by atomic mass is 16.6. The minimum absolute atomic E-state index is 0.144. The molecular formula is C12H14N4O4. The predicted octanol–water partition coefficient (Wildman–Crippen LogP) is -0.0285.